The molecule has 0 aliphatic heterocycles. The number of nitrogens with one attached hydrogen (secondary N) is 1. The number of carbonyl (C=O) groups is 1. The minimum absolute atomic E-state index is 0.158. The van der Waals surface area contributed by atoms with Gasteiger partial charge in [0.1, 0.15) is 5.82 Å². The number of halogens is 2. The highest BCUT2D eigenvalue weighted by molar-refractivity contribution is 6.31. The summed E-state index contributed by atoms with van der Waals surface area (Å²) in [5.74, 6) is -0.477. The number of amides is 1. The molecule has 1 aliphatic rings. The molecule has 0 aromatic heterocycles. The molecule has 1 aliphatic carbocycles. The van der Waals surface area contributed by atoms with Gasteiger partial charge < -0.3 is 5.32 Å². The Morgan fingerprint density at radius 3 is 2.59 bits per heavy atom. The highest BCUT2D eigenvalue weighted by atomic mass is 35.5. The minimum atomic E-state index is -0.764. The van der Waals surface area contributed by atoms with E-state index in [0.29, 0.717) is 29.1 Å². The van der Waals surface area contributed by atoms with E-state index < -0.39 is 5.41 Å². The third kappa shape index (κ3) is 2.50. The van der Waals surface area contributed by atoms with Crippen molar-refractivity contribution in [1.82, 2.24) is 0 Å². The van der Waals surface area contributed by atoms with Gasteiger partial charge in [0.2, 0.25) is 5.91 Å². The van der Waals surface area contributed by atoms with Crippen molar-refractivity contribution in [2.75, 3.05) is 5.32 Å². The number of carbonyl (C=O) groups excluding carboxylic acids is 1. The molecule has 0 heterocycles. The van der Waals surface area contributed by atoms with E-state index in [4.69, 9.17) is 11.6 Å². The average Bonchev–Trinajstić information content (AvgIpc) is 2.44. The standard InChI is InChI=1S/C18H17ClFNO/c1-12-7-8-13(19)11-16(12)21-17(22)18(9-4-10-18)14-5-2-3-6-15(14)20/h2-3,5-8,11H,4,9-10H2,1H3,(H,21,22). The lowest BCUT2D eigenvalue weighted by Crippen LogP contribution is -2.46. The van der Waals surface area contributed by atoms with Crippen molar-refractivity contribution in [3.8, 4) is 0 Å². The summed E-state index contributed by atoms with van der Waals surface area (Å²) in [4.78, 5) is 12.8. The Kier molecular flexibility index (Phi) is 3.92. The van der Waals surface area contributed by atoms with E-state index in [0.717, 1.165) is 12.0 Å². The van der Waals surface area contributed by atoms with Crippen LogP contribution < -0.4 is 5.32 Å². The molecule has 1 N–H and O–H groups in total. The van der Waals surface area contributed by atoms with Crippen molar-refractivity contribution < 1.29 is 9.18 Å². The zero-order chi connectivity index (χ0) is 15.7. The van der Waals surface area contributed by atoms with Gasteiger partial charge >= 0.3 is 0 Å². The Morgan fingerprint density at radius 1 is 1.23 bits per heavy atom. The molecular formula is C18H17ClFNO. The molecular weight excluding hydrogens is 301 g/mol. The Bertz CT molecular complexity index is 725. The second-order valence-corrected chi connectivity index (χ2v) is 6.27. The third-order valence-electron chi connectivity index (χ3n) is 4.48. The Labute approximate surface area is 134 Å². The van der Waals surface area contributed by atoms with Crippen LogP contribution in [-0.2, 0) is 10.2 Å². The summed E-state index contributed by atoms with van der Waals surface area (Å²) < 4.78 is 14.1. The van der Waals surface area contributed by atoms with Crippen molar-refractivity contribution in [3.05, 3.63) is 64.4 Å². The van der Waals surface area contributed by atoms with Crippen molar-refractivity contribution in [3.63, 3.8) is 0 Å². The van der Waals surface area contributed by atoms with Gasteiger partial charge in [0.05, 0.1) is 5.41 Å². The first-order valence-electron chi connectivity index (χ1n) is 7.35. The molecule has 1 amide bonds. The second kappa shape index (κ2) is 5.73. The monoisotopic (exact) mass is 317 g/mol. The first-order chi connectivity index (χ1) is 10.5. The molecule has 1 fully saturated rings. The smallest absolute Gasteiger partial charge is 0.235 e. The number of rotatable bonds is 3. The van der Waals surface area contributed by atoms with Gasteiger partial charge in [0.25, 0.3) is 0 Å². The summed E-state index contributed by atoms with van der Waals surface area (Å²) >= 11 is 5.99. The van der Waals surface area contributed by atoms with Gasteiger partial charge in [0.15, 0.2) is 0 Å². The van der Waals surface area contributed by atoms with Crippen LogP contribution in [0.1, 0.15) is 30.4 Å². The summed E-state index contributed by atoms with van der Waals surface area (Å²) in [5.41, 5.74) is 1.33. The number of benzene rings is 2. The van der Waals surface area contributed by atoms with E-state index >= 15 is 0 Å². The lowest BCUT2D eigenvalue weighted by Gasteiger charge is -2.40. The van der Waals surface area contributed by atoms with Crippen molar-refractivity contribution >= 4 is 23.2 Å². The SMILES string of the molecule is Cc1ccc(Cl)cc1NC(=O)C1(c2ccccc2F)CCC1. The van der Waals surface area contributed by atoms with E-state index in [9.17, 15) is 9.18 Å². The van der Waals surface area contributed by atoms with Crippen LogP contribution in [0.2, 0.25) is 5.02 Å². The van der Waals surface area contributed by atoms with Gasteiger partial charge in [-0.2, -0.15) is 0 Å². The van der Waals surface area contributed by atoms with Crippen molar-refractivity contribution in [2.45, 2.75) is 31.6 Å². The molecule has 0 radical (unpaired) electrons. The van der Waals surface area contributed by atoms with Crippen LogP contribution in [0.5, 0.6) is 0 Å². The van der Waals surface area contributed by atoms with Crippen LogP contribution in [-0.4, -0.2) is 5.91 Å². The summed E-state index contributed by atoms with van der Waals surface area (Å²) in [7, 11) is 0. The lowest BCUT2D eigenvalue weighted by molar-refractivity contribution is -0.124. The van der Waals surface area contributed by atoms with Crippen LogP contribution >= 0.6 is 11.6 Å². The van der Waals surface area contributed by atoms with E-state index in [1.165, 1.54) is 6.07 Å². The molecule has 2 aromatic rings. The van der Waals surface area contributed by atoms with Crippen LogP contribution in [0.15, 0.2) is 42.5 Å². The number of aryl methyl sites for hydroxylation is 1. The molecule has 2 nitrogen and oxygen atoms in total. The molecule has 3 rings (SSSR count). The van der Waals surface area contributed by atoms with Gasteiger partial charge in [-0.25, -0.2) is 4.39 Å². The zero-order valence-corrected chi connectivity index (χ0v) is 13.1. The van der Waals surface area contributed by atoms with Crippen LogP contribution in [0.25, 0.3) is 0 Å². The highest BCUT2D eigenvalue weighted by Gasteiger charge is 2.47. The van der Waals surface area contributed by atoms with Crippen molar-refractivity contribution in [1.29, 1.82) is 0 Å². The predicted octanol–water partition coefficient (Wildman–Crippen LogP) is 4.85. The molecule has 0 bridgehead atoms. The number of hydrogen-bond donors (Lipinski definition) is 1. The van der Waals surface area contributed by atoms with Crippen LogP contribution in [0, 0.1) is 12.7 Å². The molecule has 4 heteroatoms. The van der Waals surface area contributed by atoms with Gasteiger partial charge in [-0.1, -0.05) is 42.3 Å². The van der Waals surface area contributed by atoms with E-state index in [1.807, 2.05) is 13.0 Å². The van der Waals surface area contributed by atoms with E-state index in [-0.39, 0.29) is 11.7 Å². The van der Waals surface area contributed by atoms with E-state index in [2.05, 4.69) is 5.32 Å². The van der Waals surface area contributed by atoms with Crippen molar-refractivity contribution in [2.24, 2.45) is 0 Å². The zero-order valence-electron chi connectivity index (χ0n) is 12.3. The normalized spacial score (nSPS) is 16.0. The third-order valence-corrected chi connectivity index (χ3v) is 4.71. The molecule has 2 aromatic carbocycles. The number of anilines is 1. The fourth-order valence-corrected chi connectivity index (χ4v) is 3.14. The van der Waals surface area contributed by atoms with Gasteiger partial charge in [-0.05, 0) is 43.5 Å². The second-order valence-electron chi connectivity index (χ2n) is 5.83. The van der Waals surface area contributed by atoms with Gasteiger partial charge in [0, 0.05) is 16.3 Å². The topological polar surface area (TPSA) is 29.1 Å². The minimum Gasteiger partial charge on any atom is -0.325 e. The first-order valence-corrected chi connectivity index (χ1v) is 7.73. The fraction of sp³-hybridized carbons (Fsp3) is 0.278. The summed E-state index contributed by atoms with van der Waals surface area (Å²) in [6, 6.07) is 11.9. The molecule has 0 atom stereocenters. The largest absolute Gasteiger partial charge is 0.325 e. The molecule has 0 unspecified atom stereocenters. The lowest BCUT2D eigenvalue weighted by atomic mass is 9.63. The molecule has 22 heavy (non-hydrogen) atoms. The summed E-state index contributed by atoms with van der Waals surface area (Å²) in [6.07, 6.45) is 2.26. The average molecular weight is 318 g/mol. The summed E-state index contributed by atoms with van der Waals surface area (Å²) in [5, 5.41) is 3.49. The Balaban J connectivity index is 1.93. The molecule has 0 saturated heterocycles. The van der Waals surface area contributed by atoms with Gasteiger partial charge in [-0.15, -0.1) is 0 Å². The molecule has 1 saturated carbocycles. The predicted molar refractivity (Wildman–Crippen MR) is 86.7 cm³/mol. The Morgan fingerprint density at radius 2 is 1.95 bits per heavy atom. The van der Waals surface area contributed by atoms with Gasteiger partial charge in [-0.3, -0.25) is 4.79 Å². The first kappa shape index (κ1) is 15.0. The Hall–Kier alpha value is -1.87. The number of hydrogen-bond acceptors (Lipinski definition) is 1. The molecule has 0 spiro atoms. The maximum absolute atomic E-state index is 14.1. The summed E-state index contributed by atoms with van der Waals surface area (Å²) in [6.45, 7) is 1.91. The maximum Gasteiger partial charge on any atom is 0.235 e. The van der Waals surface area contributed by atoms with Crippen LogP contribution in [0.4, 0.5) is 10.1 Å². The highest BCUT2D eigenvalue weighted by Crippen LogP contribution is 2.45. The maximum atomic E-state index is 14.1. The quantitative estimate of drug-likeness (QED) is 0.861. The molecule has 114 valence electrons. The van der Waals surface area contributed by atoms with E-state index in [1.54, 1.807) is 30.3 Å². The van der Waals surface area contributed by atoms with Crippen LogP contribution in [0.3, 0.4) is 0 Å². The fourth-order valence-electron chi connectivity index (χ4n) is 2.97.